The summed E-state index contributed by atoms with van der Waals surface area (Å²) in [4.78, 5) is 13.8. The highest BCUT2D eigenvalue weighted by Gasteiger charge is 2.23. The van der Waals surface area contributed by atoms with Gasteiger partial charge in [0.1, 0.15) is 0 Å². The fraction of sp³-hybridized carbons (Fsp3) is 0.923. The monoisotopic (exact) mass is 262 g/mol. The number of halogens is 1. The van der Waals surface area contributed by atoms with Gasteiger partial charge in [-0.3, -0.25) is 4.79 Å². The maximum Gasteiger partial charge on any atom is 0.222 e. The number of amides is 1. The Morgan fingerprint density at radius 1 is 1.41 bits per heavy atom. The first-order valence-corrected chi connectivity index (χ1v) is 6.36. The Bertz CT molecular complexity index is 232. The molecule has 1 N–H and O–H groups in total. The van der Waals surface area contributed by atoms with Gasteiger partial charge in [-0.2, -0.15) is 0 Å². The van der Waals surface area contributed by atoms with Crippen molar-refractivity contribution in [1.82, 2.24) is 10.2 Å². The Labute approximate surface area is 112 Å². The van der Waals surface area contributed by atoms with Crippen molar-refractivity contribution < 1.29 is 4.79 Å². The number of rotatable bonds is 4. The van der Waals surface area contributed by atoms with Crippen molar-refractivity contribution in [1.29, 1.82) is 0 Å². The first-order chi connectivity index (χ1) is 7.40. The first kappa shape index (κ1) is 16.7. The second-order valence-electron chi connectivity index (χ2n) is 6.07. The van der Waals surface area contributed by atoms with Crippen molar-refractivity contribution in [2.45, 2.75) is 52.5 Å². The highest BCUT2D eigenvalue weighted by atomic mass is 35.5. The van der Waals surface area contributed by atoms with Crippen LogP contribution in [0.3, 0.4) is 0 Å². The summed E-state index contributed by atoms with van der Waals surface area (Å²) in [6.45, 7) is 8.68. The molecule has 1 rings (SSSR count). The molecule has 1 amide bonds. The van der Waals surface area contributed by atoms with Crippen LogP contribution in [0.5, 0.6) is 0 Å². The third kappa shape index (κ3) is 6.27. The Morgan fingerprint density at radius 2 is 2.06 bits per heavy atom. The number of likely N-dealkylation sites (N-methyl/N-ethyl adjacent to an activating group) is 1. The number of hydrogen-bond acceptors (Lipinski definition) is 2. The molecule has 3 nitrogen and oxygen atoms in total. The van der Waals surface area contributed by atoms with Crippen molar-refractivity contribution in [2.24, 2.45) is 5.41 Å². The topological polar surface area (TPSA) is 32.3 Å². The molecule has 0 bridgehead atoms. The Kier molecular flexibility index (Phi) is 7.10. The van der Waals surface area contributed by atoms with Gasteiger partial charge in [0.15, 0.2) is 0 Å². The quantitative estimate of drug-likeness (QED) is 0.844. The van der Waals surface area contributed by atoms with Crippen molar-refractivity contribution in [3.63, 3.8) is 0 Å². The van der Waals surface area contributed by atoms with Crippen LogP contribution in [0.1, 0.15) is 46.5 Å². The minimum atomic E-state index is 0. The largest absolute Gasteiger partial charge is 0.341 e. The summed E-state index contributed by atoms with van der Waals surface area (Å²) < 4.78 is 0. The molecule has 1 aliphatic rings. The maximum atomic E-state index is 11.9. The van der Waals surface area contributed by atoms with Gasteiger partial charge in [0.25, 0.3) is 0 Å². The highest BCUT2D eigenvalue weighted by Crippen LogP contribution is 2.22. The first-order valence-electron chi connectivity index (χ1n) is 6.36. The molecule has 1 saturated heterocycles. The Balaban J connectivity index is 0.00000256. The van der Waals surface area contributed by atoms with Crippen LogP contribution < -0.4 is 5.32 Å². The lowest BCUT2D eigenvalue weighted by Crippen LogP contribution is -2.38. The molecule has 0 aromatic heterocycles. The van der Waals surface area contributed by atoms with E-state index in [0.29, 0.717) is 23.8 Å². The summed E-state index contributed by atoms with van der Waals surface area (Å²) in [5, 5.41) is 3.29. The molecule has 0 aromatic rings. The van der Waals surface area contributed by atoms with Crippen LogP contribution in [-0.2, 0) is 4.79 Å². The average Bonchev–Trinajstić information content (AvgIpc) is 2.67. The van der Waals surface area contributed by atoms with Gasteiger partial charge in [-0.25, -0.2) is 0 Å². The van der Waals surface area contributed by atoms with Crippen LogP contribution in [0.2, 0.25) is 0 Å². The molecule has 1 fully saturated rings. The molecule has 4 heteroatoms. The Morgan fingerprint density at radius 3 is 2.53 bits per heavy atom. The Hall–Kier alpha value is -0.280. The highest BCUT2D eigenvalue weighted by molar-refractivity contribution is 5.85. The fourth-order valence-electron chi connectivity index (χ4n) is 2.12. The summed E-state index contributed by atoms with van der Waals surface area (Å²) in [5.41, 5.74) is 0.341. The predicted molar refractivity (Wildman–Crippen MR) is 74.6 cm³/mol. The van der Waals surface area contributed by atoms with Crippen LogP contribution in [0, 0.1) is 5.41 Å². The lowest BCUT2D eigenvalue weighted by molar-refractivity contribution is -0.131. The van der Waals surface area contributed by atoms with Gasteiger partial charge in [-0.15, -0.1) is 12.4 Å². The fourth-order valence-corrected chi connectivity index (χ4v) is 2.12. The van der Waals surface area contributed by atoms with Gasteiger partial charge in [-0.05, 0) is 31.2 Å². The molecule has 17 heavy (non-hydrogen) atoms. The number of hydrogen-bond donors (Lipinski definition) is 1. The van der Waals surface area contributed by atoms with Gasteiger partial charge >= 0.3 is 0 Å². The van der Waals surface area contributed by atoms with E-state index in [1.165, 1.54) is 0 Å². The van der Waals surface area contributed by atoms with Crippen molar-refractivity contribution in [3.05, 3.63) is 0 Å². The molecule has 102 valence electrons. The third-order valence-electron chi connectivity index (χ3n) is 3.29. The van der Waals surface area contributed by atoms with E-state index in [-0.39, 0.29) is 12.4 Å². The molecule has 0 spiro atoms. The second-order valence-corrected chi connectivity index (χ2v) is 6.07. The van der Waals surface area contributed by atoms with Crippen molar-refractivity contribution in [2.75, 3.05) is 20.1 Å². The zero-order valence-corrected chi connectivity index (χ0v) is 12.4. The molecule has 1 heterocycles. The predicted octanol–water partition coefficient (Wildman–Crippen LogP) is 2.44. The van der Waals surface area contributed by atoms with Crippen molar-refractivity contribution >= 4 is 18.3 Å². The summed E-state index contributed by atoms with van der Waals surface area (Å²) >= 11 is 0. The summed E-state index contributed by atoms with van der Waals surface area (Å²) in [6, 6.07) is 0.419. The molecule has 1 unspecified atom stereocenters. The van der Waals surface area contributed by atoms with E-state index < -0.39 is 0 Å². The molecule has 0 aliphatic carbocycles. The van der Waals surface area contributed by atoms with Gasteiger partial charge in [0, 0.05) is 26.1 Å². The van der Waals surface area contributed by atoms with Crippen molar-refractivity contribution in [3.8, 4) is 0 Å². The van der Waals surface area contributed by atoms with Crippen LogP contribution >= 0.6 is 12.4 Å². The van der Waals surface area contributed by atoms with E-state index in [4.69, 9.17) is 0 Å². The van der Waals surface area contributed by atoms with E-state index in [1.54, 1.807) is 0 Å². The molecule has 0 radical (unpaired) electrons. The zero-order valence-electron chi connectivity index (χ0n) is 11.6. The van der Waals surface area contributed by atoms with Crippen LogP contribution in [-0.4, -0.2) is 37.0 Å². The summed E-state index contributed by atoms with van der Waals surface area (Å²) in [6.07, 6.45) is 3.92. The standard InChI is InChI=1S/C13H26N2O.ClH/c1-13(2,3)8-5-6-12(16)15(4)11-7-9-14-10-11;/h11,14H,5-10H2,1-4H3;1H. The normalized spacial score (nSPS) is 19.9. The summed E-state index contributed by atoms with van der Waals surface area (Å²) in [5.74, 6) is 0.304. The lowest BCUT2D eigenvalue weighted by Gasteiger charge is -2.24. The average molecular weight is 263 g/mol. The van der Waals surface area contributed by atoms with E-state index in [1.807, 2.05) is 11.9 Å². The molecule has 0 saturated carbocycles. The second kappa shape index (κ2) is 7.22. The molecular formula is C13H27ClN2O. The minimum Gasteiger partial charge on any atom is -0.341 e. The van der Waals surface area contributed by atoms with Crippen LogP contribution in [0.15, 0.2) is 0 Å². The summed E-state index contributed by atoms with van der Waals surface area (Å²) in [7, 11) is 1.94. The molecular weight excluding hydrogens is 236 g/mol. The number of nitrogens with one attached hydrogen (secondary N) is 1. The minimum absolute atomic E-state index is 0. The molecule has 1 aliphatic heterocycles. The smallest absolute Gasteiger partial charge is 0.222 e. The van der Waals surface area contributed by atoms with Crippen LogP contribution in [0.4, 0.5) is 0 Å². The number of carbonyl (C=O) groups excluding carboxylic acids is 1. The van der Waals surface area contributed by atoms with E-state index in [0.717, 1.165) is 32.4 Å². The van der Waals surface area contributed by atoms with Gasteiger partial charge in [0.05, 0.1) is 0 Å². The SMILES string of the molecule is CN(C(=O)CCCC(C)(C)C)C1CCNC1.Cl. The molecule has 1 atom stereocenters. The van der Waals surface area contributed by atoms with E-state index >= 15 is 0 Å². The maximum absolute atomic E-state index is 11.9. The molecule has 0 aromatic carbocycles. The van der Waals surface area contributed by atoms with Gasteiger partial charge < -0.3 is 10.2 Å². The van der Waals surface area contributed by atoms with E-state index in [9.17, 15) is 4.79 Å². The zero-order chi connectivity index (χ0) is 12.2. The number of nitrogens with zero attached hydrogens (tertiary/aromatic N) is 1. The van der Waals surface area contributed by atoms with E-state index in [2.05, 4.69) is 26.1 Å². The number of carbonyl (C=O) groups is 1. The van der Waals surface area contributed by atoms with Crippen LogP contribution in [0.25, 0.3) is 0 Å². The van der Waals surface area contributed by atoms with Gasteiger partial charge in [-0.1, -0.05) is 20.8 Å². The van der Waals surface area contributed by atoms with Gasteiger partial charge in [0.2, 0.25) is 5.91 Å². The third-order valence-corrected chi connectivity index (χ3v) is 3.29. The lowest BCUT2D eigenvalue weighted by atomic mass is 9.90.